The molecule has 1 aromatic rings. The highest BCUT2D eigenvalue weighted by Gasteiger charge is 2.04. The first-order valence-electron chi connectivity index (χ1n) is 6.35. The molecule has 0 radical (unpaired) electrons. The van der Waals surface area contributed by atoms with Crippen LogP contribution in [0.25, 0.3) is 0 Å². The molecule has 5 heteroatoms. The smallest absolute Gasteiger partial charge is 0.230 e. The van der Waals surface area contributed by atoms with E-state index in [0.29, 0.717) is 23.9 Å². The van der Waals surface area contributed by atoms with Gasteiger partial charge in [-0.3, -0.25) is 4.79 Å². The minimum absolute atomic E-state index is 0.0227. The van der Waals surface area contributed by atoms with E-state index in [2.05, 4.69) is 5.32 Å². The van der Waals surface area contributed by atoms with Gasteiger partial charge in [0.05, 0.1) is 16.9 Å². The summed E-state index contributed by atoms with van der Waals surface area (Å²) in [5.74, 6) is 0.406. The number of halogens is 1. The number of ether oxygens (including phenoxy) is 1. The second-order valence-electron chi connectivity index (χ2n) is 4.34. The Hall–Kier alpha value is -0.710. The lowest BCUT2D eigenvalue weighted by atomic mass is 10.4. The van der Waals surface area contributed by atoms with Crippen LogP contribution in [0.2, 0.25) is 5.02 Å². The third-order valence-corrected chi connectivity index (χ3v) is 3.81. The Morgan fingerprint density at radius 3 is 2.84 bits per heavy atom. The van der Waals surface area contributed by atoms with Gasteiger partial charge in [-0.05, 0) is 32.4 Å². The molecule has 0 aliphatic carbocycles. The first kappa shape index (κ1) is 16.3. The SMILES string of the molecule is CC(C)OCCCNC(=O)CSc1ccccc1Cl. The van der Waals surface area contributed by atoms with Crippen molar-refractivity contribution >= 4 is 29.3 Å². The number of benzene rings is 1. The van der Waals surface area contributed by atoms with E-state index in [1.54, 1.807) is 0 Å². The summed E-state index contributed by atoms with van der Waals surface area (Å²) < 4.78 is 5.39. The van der Waals surface area contributed by atoms with Gasteiger partial charge in [-0.2, -0.15) is 0 Å². The second-order valence-corrected chi connectivity index (χ2v) is 5.77. The summed E-state index contributed by atoms with van der Waals surface area (Å²) >= 11 is 7.46. The Morgan fingerprint density at radius 1 is 1.42 bits per heavy atom. The number of rotatable bonds is 8. The quantitative estimate of drug-likeness (QED) is 0.591. The summed E-state index contributed by atoms with van der Waals surface area (Å²) in [5.41, 5.74) is 0. The van der Waals surface area contributed by atoms with Crippen molar-refractivity contribution < 1.29 is 9.53 Å². The van der Waals surface area contributed by atoms with E-state index in [0.717, 1.165) is 11.3 Å². The van der Waals surface area contributed by atoms with Gasteiger partial charge in [0, 0.05) is 18.0 Å². The van der Waals surface area contributed by atoms with Crippen LogP contribution in [0.3, 0.4) is 0 Å². The van der Waals surface area contributed by atoms with E-state index < -0.39 is 0 Å². The Morgan fingerprint density at radius 2 is 2.16 bits per heavy atom. The number of carbonyl (C=O) groups is 1. The molecule has 0 atom stereocenters. The molecule has 1 aromatic carbocycles. The molecule has 0 spiro atoms. The zero-order valence-electron chi connectivity index (χ0n) is 11.3. The molecule has 0 fully saturated rings. The molecule has 0 aliphatic heterocycles. The van der Waals surface area contributed by atoms with Gasteiger partial charge in [0.1, 0.15) is 0 Å². The largest absolute Gasteiger partial charge is 0.379 e. The highest BCUT2D eigenvalue weighted by atomic mass is 35.5. The summed E-state index contributed by atoms with van der Waals surface area (Å²) in [7, 11) is 0. The topological polar surface area (TPSA) is 38.3 Å². The maximum atomic E-state index is 11.6. The molecule has 0 unspecified atom stereocenters. The normalized spacial score (nSPS) is 10.7. The Labute approximate surface area is 124 Å². The van der Waals surface area contributed by atoms with Gasteiger partial charge in [-0.15, -0.1) is 11.8 Å². The van der Waals surface area contributed by atoms with Gasteiger partial charge < -0.3 is 10.1 Å². The first-order valence-corrected chi connectivity index (χ1v) is 7.71. The Kier molecular flexibility index (Phi) is 7.94. The van der Waals surface area contributed by atoms with E-state index >= 15 is 0 Å². The van der Waals surface area contributed by atoms with E-state index in [-0.39, 0.29) is 12.0 Å². The zero-order valence-corrected chi connectivity index (χ0v) is 12.9. The van der Waals surface area contributed by atoms with Crippen LogP contribution in [0.5, 0.6) is 0 Å². The number of nitrogens with one attached hydrogen (secondary N) is 1. The predicted molar refractivity (Wildman–Crippen MR) is 80.9 cm³/mol. The summed E-state index contributed by atoms with van der Waals surface area (Å²) in [6, 6.07) is 7.53. The fourth-order valence-electron chi connectivity index (χ4n) is 1.38. The standard InChI is InChI=1S/C14H20ClNO2S/c1-11(2)18-9-5-8-16-14(17)10-19-13-7-4-3-6-12(13)15/h3-4,6-7,11H,5,8-10H2,1-2H3,(H,16,17). The third-order valence-electron chi connectivity index (χ3n) is 2.29. The average Bonchev–Trinajstić information content (AvgIpc) is 2.37. The molecule has 3 nitrogen and oxygen atoms in total. The number of thioether (sulfide) groups is 1. The maximum absolute atomic E-state index is 11.6. The lowest BCUT2D eigenvalue weighted by molar-refractivity contribution is -0.118. The number of hydrogen-bond donors (Lipinski definition) is 1. The summed E-state index contributed by atoms with van der Waals surface area (Å²) in [6.07, 6.45) is 1.08. The Bertz CT molecular complexity index is 399. The highest BCUT2D eigenvalue weighted by Crippen LogP contribution is 2.26. The molecule has 0 bridgehead atoms. The van der Waals surface area contributed by atoms with Crippen molar-refractivity contribution in [3.63, 3.8) is 0 Å². The lowest BCUT2D eigenvalue weighted by Gasteiger charge is -2.08. The molecular weight excluding hydrogens is 282 g/mol. The molecule has 1 N–H and O–H groups in total. The van der Waals surface area contributed by atoms with Crippen LogP contribution in [0, 0.1) is 0 Å². The zero-order chi connectivity index (χ0) is 14.1. The van der Waals surface area contributed by atoms with Gasteiger partial charge in [-0.1, -0.05) is 23.7 Å². The predicted octanol–water partition coefficient (Wildman–Crippen LogP) is 3.36. The van der Waals surface area contributed by atoms with E-state index in [1.807, 2.05) is 38.1 Å². The molecule has 0 aromatic heterocycles. The van der Waals surface area contributed by atoms with Crippen LogP contribution >= 0.6 is 23.4 Å². The van der Waals surface area contributed by atoms with Crippen molar-refractivity contribution in [2.75, 3.05) is 18.9 Å². The molecule has 19 heavy (non-hydrogen) atoms. The minimum atomic E-state index is 0.0227. The van der Waals surface area contributed by atoms with Crippen LogP contribution in [-0.2, 0) is 9.53 Å². The van der Waals surface area contributed by atoms with E-state index in [4.69, 9.17) is 16.3 Å². The van der Waals surface area contributed by atoms with E-state index in [9.17, 15) is 4.79 Å². The third kappa shape index (κ3) is 7.45. The Balaban J connectivity index is 2.13. The van der Waals surface area contributed by atoms with Gasteiger partial charge in [0.25, 0.3) is 0 Å². The lowest BCUT2D eigenvalue weighted by Crippen LogP contribution is -2.27. The fraction of sp³-hybridized carbons (Fsp3) is 0.500. The first-order chi connectivity index (χ1) is 9.09. The van der Waals surface area contributed by atoms with Crippen molar-refractivity contribution in [3.8, 4) is 0 Å². The van der Waals surface area contributed by atoms with Crippen LogP contribution in [-0.4, -0.2) is 30.9 Å². The minimum Gasteiger partial charge on any atom is -0.379 e. The van der Waals surface area contributed by atoms with Gasteiger partial charge in [0.2, 0.25) is 5.91 Å². The average molecular weight is 302 g/mol. The number of hydrogen-bond acceptors (Lipinski definition) is 3. The van der Waals surface area contributed by atoms with Crippen molar-refractivity contribution in [1.29, 1.82) is 0 Å². The molecule has 0 saturated carbocycles. The van der Waals surface area contributed by atoms with E-state index in [1.165, 1.54) is 11.8 Å². The number of carbonyl (C=O) groups excluding carboxylic acids is 1. The van der Waals surface area contributed by atoms with Gasteiger partial charge >= 0.3 is 0 Å². The van der Waals surface area contributed by atoms with Crippen LogP contribution < -0.4 is 5.32 Å². The highest BCUT2D eigenvalue weighted by molar-refractivity contribution is 8.00. The fourth-order valence-corrected chi connectivity index (χ4v) is 2.44. The van der Waals surface area contributed by atoms with Crippen LogP contribution in [0.4, 0.5) is 0 Å². The number of amides is 1. The second kappa shape index (κ2) is 9.23. The summed E-state index contributed by atoms with van der Waals surface area (Å²) in [4.78, 5) is 12.5. The van der Waals surface area contributed by atoms with Crippen molar-refractivity contribution in [2.24, 2.45) is 0 Å². The van der Waals surface area contributed by atoms with Crippen LogP contribution in [0.1, 0.15) is 20.3 Å². The molecule has 106 valence electrons. The van der Waals surface area contributed by atoms with Gasteiger partial charge in [0.15, 0.2) is 0 Å². The van der Waals surface area contributed by atoms with Gasteiger partial charge in [-0.25, -0.2) is 0 Å². The molecule has 0 heterocycles. The maximum Gasteiger partial charge on any atom is 0.230 e. The molecular formula is C14H20ClNO2S. The monoisotopic (exact) mass is 301 g/mol. The van der Waals surface area contributed by atoms with Crippen LogP contribution in [0.15, 0.2) is 29.2 Å². The van der Waals surface area contributed by atoms with Crippen molar-refractivity contribution in [1.82, 2.24) is 5.32 Å². The van der Waals surface area contributed by atoms with Crippen molar-refractivity contribution in [3.05, 3.63) is 29.3 Å². The summed E-state index contributed by atoms with van der Waals surface area (Å²) in [6.45, 7) is 5.32. The molecule has 0 aliphatic rings. The summed E-state index contributed by atoms with van der Waals surface area (Å²) in [5, 5.41) is 3.55. The molecule has 0 saturated heterocycles. The van der Waals surface area contributed by atoms with Crippen molar-refractivity contribution in [2.45, 2.75) is 31.3 Å². The molecule has 1 rings (SSSR count). The molecule has 1 amide bonds.